The predicted octanol–water partition coefficient (Wildman–Crippen LogP) is 6.62. The number of amidine groups is 1. The van der Waals surface area contributed by atoms with E-state index in [0.717, 1.165) is 43.0 Å². The molecule has 28 heavy (non-hydrogen) atoms. The summed E-state index contributed by atoms with van der Waals surface area (Å²) < 4.78 is 0. The predicted molar refractivity (Wildman–Crippen MR) is 117 cm³/mol. The summed E-state index contributed by atoms with van der Waals surface area (Å²) in [5.74, 6) is 1.13. The van der Waals surface area contributed by atoms with Gasteiger partial charge in [0.25, 0.3) is 0 Å². The van der Waals surface area contributed by atoms with Crippen LogP contribution in [0.4, 0.5) is 5.69 Å². The van der Waals surface area contributed by atoms with Crippen molar-refractivity contribution in [2.45, 2.75) is 24.8 Å². The van der Waals surface area contributed by atoms with Crippen molar-refractivity contribution in [3.8, 4) is 0 Å². The lowest BCUT2D eigenvalue weighted by Crippen LogP contribution is -2.50. The maximum absolute atomic E-state index is 6.50. The first-order valence-corrected chi connectivity index (χ1v) is 10.3. The SMILES string of the molecule is Clc1cc(Cl)c2c(c1)N=C1CCC(c3ccccc3)(c3ccccc3)CN1C2. The molecule has 2 heterocycles. The quantitative estimate of drug-likeness (QED) is 0.466. The average Bonchev–Trinajstić information content (AvgIpc) is 2.73. The lowest BCUT2D eigenvalue weighted by molar-refractivity contribution is 0.272. The first-order chi connectivity index (χ1) is 13.7. The minimum Gasteiger partial charge on any atom is -0.354 e. The van der Waals surface area contributed by atoms with E-state index in [-0.39, 0.29) is 5.41 Å². The molecular formula is C24H20Cl2N2. The van der Waals surface area contributed by atoms with Crippen molar-refractivity contribution in [3.05, 3.63) is 99.5 Å². The van der Waals surface area contributed by atoms with Crippen LogP contribution < -0.4 is 0 Å². The molecule has 1 saturated heterocycles. The highest BCUT2D eigenvalue weighted by Gasteiger charge is 2.41. The van der Waals surface area contributed by atoms with Crippen LogP contribution in [-0.2, 0) is 12.0 Å². The second kappa shape index (κ2) is 6.95. The van der Waals surface area contributed by atoms with E-state index in [9.17, 15) is 0 Å². The third-order valence-corrected chi connectivity index (χ3v) is 6.54. The molecule has 140 valence electrons. The van der Waals surface area contributed by atoms with E-state index in [2.05, 4.69) is 65.6 Å². The summed E-state index contributed by atoms with van der Waals surface area (Å²) in [4.78, 5) is 7.31. The number of aliphatic imine (C=N–C) groups is 1. The van der Waals surface area contributed by atoms with Crippen molar-refractivity contribution in [2.24, 2.45) is 4.99 Å². The van der Waals surface area contributed by atoms with E-state index >= 15 is 0 Å². The number of hydrogen-bond acceptors (Lipinski definition) is 2. The van der Waals surface area contributed by atoms with Crippen molar-refractivity contribution in [3.63, 3.8) is 0 Å². The molecule has 2 nitrogen and oxygen atoms in total. The number of fused-ring (bicyclic) bond motifs is 2. The fourth-order valence-corrected chi connectivity index (χ4v) is 5.12. The summed E-state index contributed by atoms with van der Waals surface area (Å²) in [5, 5.41) is 1.33. The van der Waals surface area contributed by atoms with Crippen LogP contribution in [0.5, 0.6) is 0 Å². The number of rotatable bonds is 2. The van der Waals surface area contributed by atoms with E-state index in [0.29, 0.717) is 10.0 Å². The van der Waals surface area contributed by atoms with E-state index in [1.807, 2.05) is 12.1 Å². The Bertz CT molecular complexity index is 1010. The van der Waals surface area contributed by atoms with Gasteiger partial charge in [0.05, 0.1) is 5.69 Å². The van der Waals surface area contributed by atoms with Crippen LogP contribution >= 0.6 is 23.2 Å². The normalized spacial score (nSPS) is 17.5. The maximum Gasteiger partial charge on any atom is 0.105 e. The Morgan fingerprint density at radius 2 is 1.50 bits per heavy atom. The summed E-state index contributed by atoms with van der Waals surface area (Å²) >= 11 is 12.7. The largest absolute Gasteiger partial charge is 0.354 e. The molecule has 4 heteroatoms. The first kappa shape index (κ1) is 17.8. The fourth-order valence-electron chi connectivity index (χ4n) is 4.58. The summed E-state index contributed by atoms with van der Waals surface area (Å²) in [6.07, 6.45) is 1.95. The van der Waals surface area contributed by atoms with Gasteiger partial charge in [0, 0.05) is 40.5 Å². The van der Waals surface area contributed by atoms with Crippen molar-refractivity contribution >= 4 is 34.7 Å². The molecule has 2 aliphatic rings. The molecule has 0 amide bonds. The number of halogens is 2. The molecule has 0 atom stereocenters. The molecule has 0 aromatic heterocycles. The van der Waals surface area contributed by atoms with E-state index < -0.39 is 0 Å². The molecule has 5 rings (SSSR count). The summed E-state index contributed by atoms with van der Waals surface area (Å²) in [5.41, 5.74) is 4.63. The highest BCUT2D eigenvalue weighted by atomic mass is 35.5. The van der Waals surface area contributed by atoms with Crippen LogP contribution in [0.15, 0.2) is 77.8 Å². The Morgan fingerprint density at radius 1 is 0.857 bits per heavy atom. The number of nitrogens with zero attached hydrogens (tertiary/aromatic N) is 2. The van der Waals surface area contributed by atoms with Crippen LogP contribution in [0.3, 0.4) is 0 Å². The lowest BCUT2D eigenvalue weighted by atomic mass is 9.69. The fraction of sp³-hybridized carbons (Fsp3) is 0.208. The Balaban J connectivity index is 1.59. The van der Waals surface area contributed by atoms with E-state index in [4.69, 9.17) is 28.2 Å². The lowest BCUT2D eigenvalue weighted by Gasteiger charge is -2.46. The molecular weight excluding hydrogens is 387 g/mol. The van der Waals surface area contributed by atoms with Gasteiger partial charge in [-0.25, -0.2) is 4.99 Å². The molecule has 0 radical (unpaired) electrons. The standard InChI is InChI=1S/C24H20Cl2N2/c25-19-13-21(26)20-15-28-16-24(17-7-3-1-4-8-17,18-9-5-2-6-10-18)12-11-23(28)27-22(20)14-19/h1-10,13-14H,11-12,15-16H2. The summed E-state index contributed by atoms with van der Waals surface area (Å²) in [7, 11) is 0. The van der Waals surface area contributed by atoms with Crippen molar-refractivity contribution < 1.29 is 0 Å². The topological polar surface area (TPSA) is 15.6 Å². The van der Waals surface area contributed by atoms with E-state index in [1.54, 1.807) is 0 Å². The highest BCUT2D eigenvalue weighted by Crippen LogP contribution is 2.44. The second-order valence-corrected chi connectivity index (χ2v) is 8.43. The molecule has 0 N–H and O–H groups in total. The molecule has 1 fully saturated rings. The first-order valence-electron chi connectivity index (χ1n) is 9.57. The maximum atomic E-state index is 6.50. The van der Waals surface area contributed by atoms with Crippen LogP contribution in [0, 0.1) is 0 Å². The Labute approximate surface area is 175 Å². The number of benzene rings is 3. The molecule has 2 aliphatic heterocycles. The zero-order chi connectivity index (χ0) is 19.1. The monoisotopic (exact) mass is 406 g/mol. The van der Waals surface area contributed by atoms with E-state index in [1.165, 1.54) is 11.1 Å². The minimum atomic E-state index is -0.0576. The molecule has 0 spiro atoms. The second-order valence-electron chi connectivity index (χ2n) is 7.58. The minimum absolute atomic E-state index is 0.0576. The van der Waals surface area contributed by atoms with Gasteiger partial charge in [-0.3, -0.25) is 0 Å². The zero-order valence-corrected chi connectivity index (χ0v) is 16.9. The van der Waals surface area contributed by atoms with Crippen LogP contribution in [0.1, 0.15) is 29.5 Å². The highest BCUT2D eigenvalue weighted by molar-refractivity contribution is 6.35. The molecule has 3 aromatic carbocycles. The van der Waals surface area contributed by atoms with Crippen LogP contribution in [0.2, 0.25) is 10.0 Å². The Morgan fingerprint density at radius 3 is 2.14 bits per heavy atom. The van der Waals surface area contributed by atoms with Gasteiger partial charge >= 0.3 is 0 Å². The molecule has 3 aromatic rings. The third kappa shape index (κ3) is 2.92. The van der Waals surface area contributed by atoms with Gasteiger partial charge in [0.1, 0.15) is 5.84 Å². The zero-order valence-electron chi connectivity index (χ0n) is 15.4. The van der Waals surface area contributed by atoms with Gasteiger partial charge < -0.3 is 4.90 Å². The van der Waals surface area contributed by atoms with Gasteiger partial charge in [0.2, 0.25) is 0 Å². The van der Waals surface area contributed by atoms with Gasteiger partial charge in [-0.2, -0.15) is 0 Å². The van der Waals surface area contributed by atoms with Crippen molar-refractivity contribution in [1.29, 1.82) is 0 Å². The molecule has 0 bridgehead atoms. The Hall–Kier alpha value is -2.29. The summed E-state index contributed by atoms with van der Waals surface area (Å²) in [6.45, 7) is 1.66. The third-order valence-electron chi connectivity index (χ3n) is 5.99. The average molecular weight is 407 g/mol. The number of hydrogen-bond donors (Lipinski definition) is 0. The smallest absolute Gasteiger partial charge is 0.105 e. The van der Waals surface area contributed by atoms with Crippen LogP contribution in [-0.4, -0.2) is 17.3 Å². The van der Waals surface area contributed by atoms with Crippen LogP contribution in [0.25, 0.3) is 0 Å². The number of piperidine rings is 1. The van der Waals surface area contributed by atoms with Gasteiger partial charge in [-0.1, -0.05) is 83.9 Å². The Kier molecular flexibility index (Phi) is 4.41. The molecule has 0 saturated carbocycles. The van der Waals surface area contributed by atoms with Gasteiger partial charge in [0.15, 0.2) is 0 Å². The van der Waals surface area contributed by atoms with Crippen molar-refractivity contribution in [1.82, 2.24) is 4.90 Å². The molecule has 0 unspecified atom stereocenters. The van der Waals surface area contributed by atoms with Gasteiger partial charge in [-0.05, 0) is 29.7 Å². The van der Waals surface area contributed by atoms with Crippen molar-refractivity contribution in [2.75, 3.05) is 6.54 Å². The molecule has 0 aliphatic carbocycles. The van der Waals surface area contributed by atoms with Gasteiger partial charge in [-0.15, -0.1) is 0 Å². The summed E-state index contributed by atoms with van der Waals surface area (Å²) in [6, 6.07) is 25.4.